The van der Waals surface area contributed by atoms with Crippen LogP contribution in [-0.2, 0) is 23.0 Å². The van der Waals surface area contributed by atoms with Gasteiger partial charge in [-0.15, -0.1) is 0 Å². The van der Waals surface area contributed by atoms with Crippen molar-refractivity contribution in [3.63, 3.8) is 0 Å². The Morgan fingerprint density at radius 1 is 1.60 bits per heavy atom. The minimum atomic E-state index is -0.259. The van der Waals surface area contributed by atoms with Crippen molar-refractivity contribution in [3.05, 3.63) is 17.5 Å². The van der Waals surface area contributed by atoms with Crippen LogP contribution in [0.3, 0.4) is 0 Å². The molecule has 6 nitrogen and oxygen atoms in total. The standard InChI is InChI=1S/C14H22N4O2/c1-9-13(15-6-7-20-9)14(19)17-11-4-3-5-12-10(11)8-16-18(12)2/h8-9,11,13,15H,3-7H2,1-2H3,(H,17,19)/t9-,11?,13+/m1/s1. The van der Waals surface area contributed by atoms with Crippen LogP contribution in [0.5, 0.6) is 0 Å². The van der Waals surface area contributed by atoms with E-state index in [2.05, 4.69) is 15.7 Å². The van der Waals surface area contributed by atoms with Gasteiger partial charge in [-0.3, -0.25) is 9.48 Å². The molecule has 0 aromatic carbocycles. The number of ether oxygens (including phenoxy) is 1. The number of hydrogen-bond acceptors (Lipinski definition) is 4. The van der Waals surface area contributed by atoms with Crippen LogP contribution in [0, 0.1) is 0 Å². The van der Waals surface area contributed by atoms with Gasteiger partial charge >= 0.3 is 0 Å². The largest absolute Gasteiger partial charge is 0.375 e. The lowest BCUT2D eigenvalue weighted by Crippen LogP contribution is -2.56. The first-order valence-corrected chi connectivity index (χ1v) is 7.33. The highest BCUT2D eigenvalue weighted by molar-refractivity contribution is 5.83. The highest BCUT2D eigenvalue weighted by atomic mass is 16.5. The quantitative estimate of drug-likeness (QED) is 0.816. The van der Waals surface area contributed by atoms with Crippen molar-refractivity contribution in [2.45, 2.75) is 44.4 Å². The second kappa shape index (κ2) is 5.54. The zero-order valence-electron chi connectivity index (χ0n) is 12.1. The molecule has 2 N–H and O–H groups in total. The molecule has 0 spiro atoms. The molecule has 0 radical (unpaired) electrons. The topological polar surface area (TPSA) is 68.2 Å². The Balaban J connectivity index is 1.70. The van der Waals surface area contributed by atoms with E-state index in [4.69, 9.17) is 4.74 Å². The van der Waals surface area contributed by atoms with E-state index >= 15 is 0 Å². The molecule has 1 aromatic rings. The van der Waals surface area contributed by atoms with Crippen molar-refractivity contribution in [2.75, 3.05) is 13.2 Å². The number of aromatic nitrogens is 2. The number of aryl methyl sites for hydroxylation is 1. The fourth-order valence-electron chi connectivity index (χ4n) is 3.14. The van der Waals surface area contributed by atoms with Crippen LogP contribution in [0.25, 0.3) is 0 Å². The van der Waals surface area contributed by atoms with Crippen molar-refractivity contribution >= 4 is 5.91 Å². The molecule has 3 atom stereocenters. The van der Waals surface area contributed by atoms with Crippen LogP contribution >= 0.6 is 0 Å². The van der Waals surface area contributed by atoms with E-state index in [0.717, 1.165) is 31.4 Å². The number of rotatable bonds is 2. The molecular formula is C14H22N4O2. The fourth-order valence-corrected chi connectivity index (χ4v) is 3.14. The number of morpholine rings is 1. The monoisotopic (exact) mass is 278 g/mol. The summed E-state index contributed by atoms with van der Waals surface area (Å²) in [5.74, 6) is 0.0268. The number of carbonyl (C=O) groups is 1. The molecule has 1 saturated heterocycles. The number of fused-ring (bicyclic) bond motifs is 1. The third kappa shape index (κ3) is 2.45. The molecule has 1 aromatic heterocycles. The van der Waals surface area contributed by atoms with Crippen LogP contribution in [0.15, 0.2) is 6.20 Å². The van der Waals surface area contributed by atoms with E-state index < -0.39 is 0 Å². The average molecular weight is 278 g/mol. The third-order valence-corrected chi connectivity index (χ3v) is 4.29. The predicted octanol–water partition coefficient (Wildman–Crippen LogP) is 0.291. The second-order valence-corrected chi connectivity index (χ2v) is 5.63. The third-order valence-electron chi connectivity index (χ3n) is 4.29. The Hall–Kier alpha value is -1.40. The van der Waals surface area contributed by atoms with Crippen molar-refractivity contribution in [1.29, 1.82) is 0 Å². The molecule has 1 fully saturated rings. The van der Waals surface area contributed by atoms with Crippen LogP contribution < -0.4 is 10.6 Å². The molecule has 1 aliphatic carbocycles. The summed E-state index contributed by atoms with van der Waals surface area (Å²) in [6.45, 7) is 3.33. The summed E-state index contributed by atoms with van der Waals surface area (Å²) in [5, 5.41) is 10.7. The number of nitrogens with one attached hydrogen (secondary N) is 2. The van der Waals surface area contributed by atoms with Gasteiger partial charge in [0, 0.05) is 24.8 Å². The first-order valence-electron chi connectivity index (χ1n) is 7.33. The van der Waals surface area contributed by atoms with E-state index in [1.165, 1.54) is 5.69 Å². The molecule has 1 amide bonds. The van der Waals surface area contributed by atoms with Gasteiger partial charge in [-0.25, -0.2) is 0 Å². The number of nitrogens with zero attached hydrogens (tertiary/aromatic N) is 2. The van der Waals surface area contributed by atoms with E-state index in [0.29, 0.717) is 6.61 Å². The Labute approximate surface area is 118 Å². The van der Waals surface area contributed by atoms with Gasteiger partial charge in [0.1, 0.15) is 6.04 Å². The van der Waals surface area contributed by atoms with Crippen molar-refractivity contribution in [3.8, 4) is 0 Å². The number of amides is 1. The summed E-state index contributed by atoms with van der Waals surface area (Å²) >= 11 is 0. The van der Waals surface area contributed by atoms with Gasteiger partial charge in [-0.1, -0.05) is 0 Å². The average Bonchev–Trinajstić information content (AvgIpc) is 2.82. The highest BCUT2D eigenvalue weighted by Gasteiger charge is 2.31. The lowest BCUT2D eigenvalue weighted by Gasteiger charge is -2.31. The maximum atomic E-state index is 12.4. The van der Waals surface area contributed by atoms with Crippen molar-refractivity contribution in [2.24, 2.45) is 7.05 Å². The summed E-state index contributed by atoms with van der Waals surface area (Å²) in [7, 11) is 1.96. The molecule has 2 aliphatic rings. The maximum Gasteiger partial charge on any atom is 0.240 e. The molecule has 2 heterocycles. The molecule has 0 bridgehead atoms. The summed E-state index contributed by atoms with van der Waals surface area (Å²) in [6, 6.07) is -0.179. The summed E-state index contributed by atoms with van der Waals surface area (Å²) < 4.78 is 7.45. The first-order chi connectivity index (χ1) is 9.66. The van der Waals surface area contributed by atoms with E-state index in [9.17, 15) is 4.79 Å². The minimum absolute atomic E-state index is 0.0268. The summed E-state index contributed by atoms with van der Waals surface area (Å²) in [6.07, 6.45) is 4.90. The molecule has 6 heteroatoms. The molecule has 1 unspecified atom stereocenters. The molecular weight excluding hydrogens is 256 g/mol. The normalized spacial score (nSPS) is 29.8. The fraction of sp³-hybridized carbons (Fsp3) is 0.714. The smallest absolute Gasteiger partial charge is 0.240 e. The molecule has 1 aliphatic heterocycles. The number of hydrogen-bond donors (Lipinski definition) is 2. The zero-order chi connectivity index (χ0) is 14.1. The van der Waals surface area contributed by atoms with E-state index in [1.807, 2.05) is 24.9 Å². The first kappa shape index (κ1) is 13.6. The van der Waals surface area contributed by atoms with Crippen LogP contribution in [0.1, 0.15) is 37.1 Å². The van der Waals surface area contributed by atoms with Gasteiger partial charge < -0.3 is 15.4 Å². The van der Waals surface area contributed by atoms with Crippen molar-refractivity contribution in [1.82, 2.24) is 20.4 Å². The Bertz CT molecular complexity index is 499. The number of carbonyl (C=O) groups excluding carboxylic acids is 1. The lowest BCUT2D eigenvalue weighted by atomic mass is 9.92. The van der Waals surface area contributed by atoms with Crippen molar-refractivity contribution < 1.29 is 9.53 Å². The van der Waals surface area contributed by atoms with Gasteiger partial charge in [0.25, 0.3) is 0 Å². The van der Waals surface area contributed by atoms with Crippen LogP contribution in [0.2, 0.25) is 0 Å². The lowest BCUT2D eigenvalue weighted by molar-refractivity contribution is -0.129. The summed E-state index contributed by atoms with van der Waals surface area (Å²) in [4.78, 5) is 12.4. The SMILES string of the molecule is C[C@H]1OCCN[C@@H]1C(=O)NC1CCCc2c1cnn2C. The Morgan fingerprint density at radius 2 is 2.45 bits per heavy atom. The van der Waals surface area contributed by atoms with Crippen LogP contribution in [-0.4, -0.2) is 41.0 Å². The van der Waals surface area contributed by atoms with Gasteiger partial charge in [0.2, 0.25) is 5.91 Å². The van der Waals surface area contributed by atoms with E-state index in [1.54, 1.807) is 0 Å². The van der Waals surface area contributed by atoms with Gasteiger partial charge in [-0.05, 0) is 26.2 Å². The van der Waals surface area contributed by atoms with Gasteiger partial charge in [0.05, 0.1) is 24.9 Å². The highest BCUT2D eigenvalue weighted by Crippen LogP contribution is 2.29. The maximum absolute atomic E-state index is 12.4. The molecule has 110 valence electrons. The Kier molecular flexibility index (Phi) is 3.76. The van der Waals surface area contributed by atoms with Crippen LogP contribution in [0.4, 0.5) is 0 Å². The van der Waals surface area contributed by atoms with Gasteiger partial charge in [-0.2, -0.15) is 5.10 Å². The minimum Gasteiger partial charge on any atom is -0.375 e. The molecule has 20 heavy (non-hydrogen) atoms. The van der Waals surface area contributed by atoms with Gasteiger partial charge in [0.15, 0.2) is 0 Å². The summed E-state index contributed by atoms with van der Waals surface area (Å²) in [5.41, 5.74) is 2.40. The second-order valence-electron chi connectivity index (χ2n) is 5.63. The Morgan fingerprint density at radius 3 is 3.25 bits per heavy atom. The molecule has 0 saturated carbocycles. The zero-order valence-corrected chi connectivity index (χ0v) is 12.1. The molecule has 3 rings (SSSR count). The van der Waals surface area contributed by atoms with E-state index in [-0.39, 0.29) is 24.1 Å². The predicted molar refractivity (Wildman–Crippen MR) is 74.2 cm³/mol.